The largest absolute Gasteiger partial charge is 0.480 e. The fourth-order valence-electron chi connectivity index (χ4n) is 2.53. The molecule has 0 saturated heterocycles. The van der Waals surface area contributed by atoms with Crippen LogP contribution < -0.4 is 10.9 Å². The van der Waals surface area contributed by atoms with Gasteiger partial charge in [-0.3, -0.25) is 19.0 Å². The van der Waals surface area contributed by atoms with Crippen LogP contribution in [0.5, 0.6) is 0 Å². The normalized spacial score (nSPS) is 10.8. The van der Waals surface area contributed by atoms with Crippen LogP contribution in [0.4, 0.5) is 5.69 Å². The molecule has 0 radical (unpaired) electrons. The fraction of sp³-hybridized carbons (Fsp3) is 0.176. The molecule has 3 rings (SSSR count). The zero-order valence-corrected chi connectivity index (χ0v) is 14.4. The van der Waals surface area contributed by atoms with E-state index in [-0.39, 0.29) is 11.3 Å². The van der Waals surface area contributed by atoms with E-state index in [2.05, 4.69) is 10.3 Å². The Hall–Kier alpha value is -3.00. The summed E-state index contributed by atoms with van der Waals surface area (Å²) in [6, 6.07) is 7.39. The summed E-state index contributed by atoms with van der Waals surface area (Å²) in [6.45, 7) is 3.08. The number of thiophene rings is 1. The first kappa shape index (κ1) is 16.8. The van der Waals surface area contributed by atoms with Gasteiger partial charge in [0.05, 0.1) is 16.6 Å². The molecule has 2 aromatic heterocycles. The highest BCUT2D eigenvalue weighted by Crippen LogP contribution is 2.28. The van der Waals surface area contributed by atoms with Crippen LogP contribution in [-0.2, 0) is 11.3 Å². The first-order chi connectivity index (χ1) is 11.9. The number of nitrogens with zero attached hydrogens (tertiary/aromatic N) is 2. The van der Waals surface area contributed by atoms with E-state index in [1.165, 1.54) is 6.33 Å². The monoisotopic (exact) mass is 357 g/mol. The Morgan fingerprint density at radius 2 is 2.00 bits per heavy atom. The quantitative estimate of drug-likeness (QED) is 0.747. The third-order valence-electron chi connectivity index (χ3n) is 3.82. The van der Waals surface area contributed by atoms with Crippen LogP contribution in [0.2, 0.25) is 0 Å². The first-order valence-corrected chi connectivity index (χ1v) is 8.27. The number of carboxylic acid groups (broad SMARTS) is 1. The Balaban J connectivity index is 2.03. The third kappa shape index (κ3) is 3.16. The van der Waals surface area contributed by atoms with Gasteiger partial charge >= 0.3 is 5.97 Å². The van der Waals surface area contributed by atoms with Crippen molar-refractivity contribution in [2.45, 2.75) is 20.4 Å². The Labute approximate surface area is 146 Å². The number of carboxylic acids is 1. The Morgan fingerprint density at radius 1 is 1.28 bits per heavy atom. The van der Waals surface area contributed by atoms with Gasteiger partial charge in [-0.05, 0) is 31.0 Å². The van der Waals surface area contributed by atoms with Crippen molar-refractivity contribution in [3.63, 3.8) is 0 Å². The molecular formula is C17H15N3O4S. The lowest BCUT2D eigenvalue weighted by molar-refractivity contribution is -0.137. The van der Waals surface area contributed by atoms with Crippen LogP contribution in [-0.4, -0.2) is 26.5 Å². The van der Waals surface area contributed by atoms with Gasteiger partial charge in [0.2, 0.25) is 0 Å². The molecule has 1 aromatic carbocycles. The highest BCUT2D eigenvalue weighted by molar-refractivity contribution is 7.20. The number of hydrogen-bond donors (Lipinski definition) is 2. The average molecular weight is 357 g/mol. The highest BCUT2D eigenvalue weighted by Gasteiger charge is 2.20. The maximum atomic E-state index is 12.6. The zero-order valence-electron chi connectivity index (χ0n) is 13.6. The van der Waals surface area contributed by atoms with Gasteiger partial charge in [-0.1, -0.05) is 18.2 Å². The molecule has 3 aromatic rings. The molecule has 1 amide bonds. The zero-order chi connectivity index (χ0) is 18.1. The van der Waals surface area contributed by atoms with Crippen LogP contribution in [0.3, 0.4) is 0 Å². The predicted octanol–water partition coefficient (Wildman–Crippen LogP) is 2.41. The summed E-state index contributed by atoms with van der Waals surface area (Å²) < 4.78 is 1.02. The number of nitrogens with one attached hydrogen (secondary N) is 1. The molecule has 0 saturated carbocycles. The Morgan fingerprint density at radius 3 is 2.68 bits per heavy atom. The summed E-state index contributed by atoms with van der Waals surface area (Å²) in [5, 5.41) is 12.0. The smallest absolute Gasteiger partial charge is 0.323 e. The van der Waals surface area contributed by atoms with E-state index in [0.29, 0.717) is 21.0 Å². The van der Waals surface area contributed by atoms with Gasteiger partial charge in [0.25, 0.3) is 11.5 Å². The van der Waals surface area contributed by atoms with E-state index < -0.39 is 18.1 Å². The molecule has 7 nitrogen and oxygen atoms in total. The minimum Gasteiger partial charge on any atom is -0.480 e. The minimum absolute atomic E-state index is 0.281. The number of aromatic nitrogens is 2. The van der Waals surface area contributed by atoms with Crippen LogP contribution >= 0.6 is 11.3 Å². The van der Waals surface area contributed by atoms with Crippen LogP contribution in [0.25, 0.3) is 10.2 Å². The number of carbonyl (C=O) groups excluding carboxylic acids is 1. The second-order valence-electron chi connectivity index (χ2n) is 5.58. The summed E-state index contributed by atoms with van der Waals surface area (Å²) >= 11 is 1.11. The number of hydrogen-bond acceptors (Lipinski definition) is 5. The number of anilines is 1. The third-order valence-corrected chi connectivity index (χ3v) is 5.02. The number of benzene rings is 1. The number of para-hydroxylation sites is 1. The second kappa shape index (κ2) is 6.48. The van der Waals surface area contributed by atoms with Gasteiger partial charge in [-0.2, -0.15) is 0 Å². The van der Waals surface area contributed by atoms with Crippen molar-refractivity contribution in [1.29, 1.82) is 0 Å². The molecule has 0 aliphatic carbocycles. The number of carbonyl (C=O) groups is 2. The summed E-state index contributed by atoms with van der Waals surface area (Å²) in [7, 11) is 0. The van der Waals surface area contributed by atoms with Crippen molar-refractivity contribution in [2.24, 2.45) is 0 Å². The van der Waals surface area contributed by atoms with Gasteiger partial charge in [0.15, 0.2) is 0 Å². The first-order valence-electron chi connectivity index (χ1n) is 7.45. The van der Waals surface area contributed by atoms with E-state index in [0.717, 1.165) is 21.5 Å². The maximum absolute atomic E-state index is 12.6. The van der Waals surface area contributed by atoms with Gasteiger partial charge in [-0.15, -0.1) is 11.3 Å². The van der Waals surface area contributed by atoms with Crippen molar-refractivity contribution in [3.8, 4) is 0 Å². The second-order valence-corrected chi connectivity index (χ2v) is 6.58. The van der Waals surface area contributed by atoms with Gasteiger partial charge in [0, 0.05) is 5.69 Å². The summed E-state index contributed by atoms with van der Waals surface area (Å²) in [6.07, 6.45) is 1.19. The average Bonchev–Trinajstić information content (AvgIpc) is 2.89. The Kier molecular flexibility index (Phi) is 4.37. The van der Waals surface area contributed by atoms with E-state index in [1.54, 1.807) is 13.0 Å². The molecule has 0 spiro atoms. The van der Waals surface area contributed by atoms with E-state index in [9.17, 15) is 14.4 Å². The van der Waals surface area contributed by atoms with Crippen molar-refractivity contribution in [3.05, 3.63) is 57.0 Å². The summed E-state index contributed by atoms with van der Waals surface area (Å²) in [5.41, 5.74) is 1.66. The molecule has 0 aliphatic heterocycles. The predicted molar refractivity (Wildman–Crippen MR) is 95.4 cm³/mol. The lowest BCUT2D eigenvalue weighted by Gasteiger charge is -2.07. The van der Waals surface area contributed by atoms with E-state index in [1.807, 2.05) is 25.1 Å². The molecule has 0 fully saturated rings. The summed E-state index contributed by atoms with van der Waals surface area (Å²) in [4.78, 5) is 40.8. The van der Waals surface area contributed by atoms with Crippen molar-refractivity contribution >= 4 is 39.1 Å². The molecule has 8 heteroatoms. The minimum atomic E-state index is -1.13. The molecule has 2 N–H and O–H groups in total. The van der Waals surface area contributed by atoms with Gasteiger partial charge in [-0.25, -0.2) is 4.98 Å². The Bertz CT molecular complexity index is 1050. The highest BCUT2D eigenvalue weighted by atomic mass is 32.1. The molecule has 128 valence electrons. The lowest BCUT2D eigenvalue weighted by atomic mass is 10.2. The lowest BCUT2D eigenvalue weighted by Crippen LogP contribution is -2.24. The topological polar surface area (TPSA) is 101 Å². The molecule has 0 unspecified atom stereocenters. The molecule has 25 heavy (non-hydrogen) atoms. The van der Waals surface area contributed by atoms with Crippen molar-refractivity contribution in [2.75, 3.05) is 5.32 Å². The van der Waals surface area contributed by atoms with Crippen molar-refractivity contribution in [1.82, 2.24) is 9.55 Å². The van der Waals surface area contributed by atoms with Gasteiger partial charge in [0.1, 0.15) is 11.4 Å². The maximum Gasteiger partial charge on any atom is 0.323 e. The molecular weight excluding hydrogens is 342 g/mol. The van der Waals surface area contributed by atoms with E-state index >= 15 is 0 Å². The van der Waals surface area contributed by atoms with Crippen molar-refractivity contribution < 1.29 is 14.7 Å². The number of amides is 1. The number of rotatable bonds is 4. The standard InChI is InChI=1S/C17H15N3O4S/c1-9-5-3-4-6-11(9)19-15(23)14-10(2)13-16(25-14)18-8-20(17(13)24)7-12(21)22/h3-6,8H,7H2,1-2H3,(H,19,23)(H,21,22). The number of aliphatic carboxylic acids is 1. The van der Waals surface area contributed by atoms with E-state index in [4.69, 9.17) is 5.11 Å². The molecule has 0 bridgehead atoms. The molecule has 2 heterocycles. The van der Waals surface area contributed by atoms with Crippen LogP contribution in [0.1, 0.15) is 20.8 Å². The molecule has 0 atom stereocenters. The SMILES string of the molecule is Cc1ccccc1NC(=O)c1sc2ncn(CC(=O)O)c(=O)c2c1C. The summed E-state index contributed by atoms with van der Waals surface area (Å²) in [5.74, 6) is -1.45. The fourth-order valence-corrected chi connectivity index (χ4v) is 3.56. The van der Waals surface area contributed by atoms with Crippen LogP contribution in [0.15, 0.2) is 35.4 Å². The van der Waals surface area contributed by atoms with Crippen LogP contribution in [0, 0.1) is 13.8 Å². The number of fused-ring (bicyclic) bond motifs is 1. The molecule has 0 aliphatic rings. The van der Waals surface area contributed by atoms with Gasteiger partial charge < -0.3 is 10.4 Å². The number of aryl methyl sites for hydroxylation is 2.